The van der Waals surface area contributed by atoms with E-state index in [0.717, 1.165) is 26.1 Å². The molecule has 1 aliphatic heterocycles. The van der Waals surface area contributed by atoms with E-state index in [-0.39, 0.29) is 0 Å². The van der Waals surface area contributed by atoms with Gasteiger partial charge in [-0.1, -0.05) is 10.3 Å². The lowest BCUT2D eigenvalue weighted by Crippen LogP contribution is -2.05. The molecule has 1 atom stereocenters. The van der Waals surface area contributed by atoms with Crippen molar-refractivity contribution in [3.05, 3.63) is 28.7 Å². The molecule has 2 aromatic heterocycles. The molecule has 0 radical (unpaired) electrons. The maximum absolute atomic E-state index is 9.03. The van der Waals surface area contributed by atoms with Crippen LogP contribution in [0.25, 0.3) is 0 Å². The Labute approximate surface area is 115 Å². The minimum absolute atomic E-state index is 0.314. The summed E-state index contributed by atoms with van der Waals surface area (Å²) in [5.74, 6) is 2.09. The number of hydrogen-bond acceptors (Lipinski definition) is 7. The SMILES string of the molecule is Cc1onc(Cc2nc(CC3CCOC3)no2)c1C#N. The summed E-state index contributed by atoms with van der Waals surface area (Å²) >= 11 is 0. The summed E-state index contributed by atoms with van der Waals surface area (Å²) < 4.78 is 15.5. The Balaban J connectivity index is 1.69. The minimum Gasteiger partial charge on any atom is -0.381 e. The lowest BCUT2D eigenvalue weighted by molar-refractivity contribution is 0.185. The lowest BCUT2D eigenvalue weighted by Gasteiger charge is -2.00. The predicted octanol–water partition coefficient (Wildman–Crippen LogP) is 1.41. The smallest absolute Gasteiger partial charge is 0.232 e. The van der Waals surface area contributed by atoms with Crippen LogP contribution in [0, 0.1) is 24.2 Å². The van der Waals surface area contributed by atoms with Crippen molar-refractivity contribution >= 4 is 0 Å². The summed E-state index contributed by atoms with van der Waals surface area (Å²) in [5.41, 5.74) is 0.971. The number of aromatic nitrogens is 3. The predicted molar refractivity (Wildman–Crippen MR) is 65.7 cm³/mol. The molecule has 0 amide bonds. The van der Waals surface area contributed by atoms with E-state index in [2.05, 4.69) is 21.4 Å². The summed E-state index contributed by atoms with van der Waals surface area (Å²) in [5, 5.41) is 16.8. The first-order valence-corrected chi connectivity index (χ1v) is 6.50. The van der Waals surface area contributed by atoms with E-state index < -0.39 is 0 Å². The van der Waals surface area contributed by atoms with Gasteiger partial charge in [0, 0.05) is 19.6 Å². The quantitative estimate of drug-likeness (QED) is 0.831. The van der Waals surface area contributed by atoms with Gasteiger partial charge in [-0.25, -0.2) is 0 Å². The van der Waals surface area contributed by atoms with Gasteiger partial charge in [0.05, 0.1) is 6.42 Å². The summed E-state index contributed by atoms with van der Waals surface area (Å²) in [6, 6.07) is 2.07. The summed E-state index contributed by atoms with van der Waals surface area (Å²) in [4.78, 5) is 4.33. The van der Waals surface area contributed by atoms with Crippen molar-refractivity contribution < 1.29 is 13.8 Å². The van der Waals surface area contributed by atoms with Crippen molar-refractivity contribution in [3.63, 3.8) is 0 Å². The Morgan fingerprint density at radius 3 is 3.00 bits per heavy atom. The highest BCUT2D eigenvalue weighted by Crippen LogP contribution is 2.18. The van der Waals surface area contributed by atoms with E-state index in [9.17, 15) is 0 Å². The highest BCUT2D eigenvalue weighted by molar-refractivity contribution is 5.36. The van der Waals surface area contributed by atoms with Gasteiger partial charge in [-0.3, -0.25) is 0 Å². The molecular formula is C13H14N4O3. The molecule has 3 rings (SSSR count). The molecule has 0 saturated carbocycles. The maximum atomic E-state index is 9.03. The number of aryl methyl sites for hydroxylation is 1. The second-order valence-electron chi connectivity index (χ2n) is 4.89. The molecule has 20 heavy (non-hydrogen) atoms. The molecule has 3 heterocycles. The number of nitriles is 1. The molecule has 0 aliphatic carbocycles. The van der Waals surface area contributed by atoms with Crippen LogP contribution in [-0.2, 0) is 17.6 Å². The zero-order valence-corrected chi connectivity index (χ0v) is 11.1. The van der Waals surface area contributed by atoms with Gasteiger partial charge in [-0.2, -0.15) is 10.2 Å². The van der Waals surface area contributed by atoms with Crippen LogP contribution < -0.4 is 0 Å². The van der Waals surface area contributed by atoms with E-state index >= 15 is 0 Å². The van der Waals surface area contributed by atoms with Crippen molar-refractivity contribution in [1.82, 2.24) is 15.3 Å². The van der Waals surface area contributed by atoms with Crippen LogP contribution in [0.3, 0.4) is 0 Å². The third-order valence-electron chi connectivity index (χ3n) is 3.37. The van der Waals surface area contributed by atoms with Crippen LogP contribution in [0.5, 0.6) is 0 Å². The molecule has 7 heteroatoms. The Morgan fingerprint density at radius 1 is 1.35 bits per heavy atom. The summed E-state index contributed by atoms with van der Waals surface area (Å²) in [6.45, 7) is 3.26. The largest absolute Gasteiger partial charge is 0.381 e. The first kappa shape index (κ1) is 12.8. The van der Waals surface area contributed by atoms with Crippen molar-refractivity contribution in [2.75, 3.05) is 13.2 Å². The van der Waals surface area contributed by atoms with Crippen molar-refractivity contribution in [2.24, 2.45) is 5.92 Å². The fourth-order valence-corrected chi connectivity index (χ4v) is 2.27. The van der Waals surface area contributed by atoms with Crippen molar-refractivity contribution in [3.8, 4) is 6.07 Å². The molecule has 1 aliphatic rings. The van der Waals surface area contributed by atoms with Crippen LogP contribution in [0.4, 0.5) is 0 Å². The Hall–Kier alpha value is -2.20. The van der Waals surface area contributed by atoms with Gasteiger partial charge in [0.25, 0.3) is 0 Å². The van der Waals surface area contributed by atoms with Gasteiger partial charge < -0.3 is 13.8 Å². The summed E-state index contributed by atoms with van der Waals surface area (Å²) in [7, 11) is 0. The van der Waals surface area contributed by atoms with Crippen LogP contribution in [0.1, 0.15) is 35.2 Å². The number of nitrogens with zero attached hydrogens (tertiary/aromatic N) is 4. The van der Waals surface area contributed by atoms with Crippen molar-refractivity contribution in [2.45, 2.75) is 26.2 Å². The Bertz CT molecular complexity index is 634. The average molecular weight is 274 g/mol. The highest BCUT2D eigenvalue weighted by atomic mass is 16.5. The van der Waals surface area contributed by atoms with Gasteiger partial charge in [0.15, 0.2) is 11.6 Å². The second kappa shape index (κ2) is 5.43. The van der Waals surface area contributed by atoms with E-state index in [0.29, 0.717) is 41.1 Å². The standard InChI is InChI=1S/C13H14N4O3/c1-8-10(6-14)11(16-19-8)5-13-15-12(17-20-13)4-9-2-3-18-7-9/h9H,2-5,7H2,1H3. The molecule has 104 valence electrons. The van der Waals surface area contributed by atoms with Crippen LogP contribution in [0.15, 0.2) is 9.05 Å². The van der Waals surface area contributed by atoms with E-state index in [4.69, 9.17) is 19.0 Å². The van der Waals surface area contributed by atoms with Crippen LogP contribution in [-0.4, -0.2) is 28.5 Å². The summed E-state index contributed by atoms with van der Waals surface area (Å²) in [6.07, 6.45) is 2.10. The molecule has 1 unspecified atom stereocenters. The molecule has 1 saturated heterocycles. The molecule has 0 aromatic carbocycles. The maximum Gasteiger partial charge on any atom is 0.232 e. The van der Waals surface area contributed by atoms with Gasteiger partial charge in [-0.05, 0) is 19.3 Å². The van der Waals surface area contributed by atoms with E-state index in [1.807, 2.05) is 0 Å². The highest BCUT2D eigenvalue weighted by Gasteiger charge is 2.20. The molecule has 2 aromatic rings. The van der Waals surface area contributed by atoms with E-state index in [1.165, 1.54) is 0 Å². The average Bonchev–Trinajstić information content (AvgIpc) is 3.14. The monoisotopic (exact) mass is 274 g/mol. The second-order valence-corrected chi connectivity index (χ2v) is 4.89. The first-order chi connectivity index (χ1) is 9.76. The fourth-order valence-electron chi connectivity index (χ4n) is 2.27. The molecule has 7 nitrogen and oxygen atoms in total. The van der Waals surface area contributed by atoms with Gasteiger partial charge in [-0.15, -0.1) is 0 Å². The van der Waals surface area contributed by atoms with E-state index in [1.54, 1.807) is 6.92 Å². The number of rotatable bonds is 4. The Kier molecular flexibility index (Phi) is 3.48. The third kappa shape index (κ3) is 2.56. The molecule has 0 N–H and O–H groups in total. The topological polar surface area (TPSA) is 98.0 Å². The zero-order valence-electron chi connectivity index (χ0n) is 11.1. The molecule has 0 bridgehead atoms. The zero-order chi connectivity index (χ0) is 13.9. The molecule has 0 spiro atoms. The van der Waals surface area contributed by atoms with Crippen LogP contribution >= 0.6 is 0 Å². The normalized spacial score (nSPS) is 18.3. The first-order valence-electron chi connectivity index (χ1n) is 6.50. The third-order valence-corrected chi connectivity index (χ3v) is 3.37. The Morgan fingerprint density at radius 2 is 2.25 bits per heavy atom. The lowest BCUT2D eigenvalue weighted by atomic mass is 10.1. The van der Waals surface area contributed by atoms with Gasteiger partial charge >= 0.3 is 0 Å². The fraction of sp³-hybridized carbons (Fsp3) is 0.538. The number of ether oxygens (including phenoxy) is 1. The van der Waals surface area contributed by atoms with Crippen molar-refractivity contribution in [1.29, 1.82) is 5.26 Å². The molecular weight excluding hydrogens is 260 g/mol. The molecule has 1 fully saturated rings. The van der Waals surface area contributed by atoms with Gasteiger partial charge in [0.2, 0.25) is 5.89 Å². The number of hydrogen-bond donors (Lipinski definition) is 0. The minimum atomic E-state index is 0.314. The van der Waals surface area contributed by atoms with Gasteiger partial charge in [0.1, 0.15) is 17.3 Å². The van der Waals surface area contributed by atoms with Crippen LogP contribution in [0.2, 0.25) is 0 Å².